The summed E-state index contributed by atoms with van der Waals surface area (Å²) in [6.45, 7) is 6.40. The molecule has 31 heavy (non-hydrogen) atoms. The number of aromatic nitrogens is 3. The van der Waals surface area contributed by atoms with Crippen molar-refractivity contribution >= 4 is 11.7 Å². The highest BCUT2D eigenvalue weighted by molar-refractivity contribution is 5.76. The van der Waals surface area contributed by atoms with Crippen molar-refractivity contribution in [3.8, 4) is 5.75 Å². The van der Waals surface area contributed by atoms with E-state index < -0.39 is 0 Å². The second kappa shape index (κ2) is 9.26. The molecular formula is C23H33N5O3. The number of anilines is 1. The minimum absolute atomic E-state index is 0.0319. The van der Waals surface area contributed by atoms with E-state index in [2.05, 4.69) is 15.3 Å². The summed E-state index contributed by atoms with van der Waals surface area (Å²) < 4.78 is 13.2. The van der Waals surface area contributed by atoms with E-state index in [1.54, 1.807) is 14.2 Å². The van der Waals surface area contributed by atoms with Crippen LogP contribution < -0.4 is 15.0 Å². The second-order valence-corrected chi connectivity index (χ2v) is 8.79. The number of hydrogen-bond donors (Lipinski definition) is 1. The third-order valence-electron chi connectivity index (χ3n) is 6.61. The molecule has 1 aliphatic heterocycles. The van der Waals surface area contributed by atoms with Gasteiger partial charge in [-0.05, 0) is 56.7 Å². The molecule has 1 amide bonds. The molecule has 1 aliphatic carbocycles. The number of carbonyl (C=O) groups excluding carboxylic acids is 1. The molecule has 2 aromatic heterocycles. The number of amides is 1. The van der Waals surface area contributed by atoms with E-state index in [1.807, 2.05) is 42.9 Å². The Morgan fingerprint density at radius 1 is 1.13 bits per heavy atom. The maximum Gasteiger partial charge on any atom is 0.222 e. The topological polar surface area (TPSA) is 81.5 Å². The number of pyridine rings is 1. The maximum atomic E-state index is 12.6. The first-order valence-corrected chi connectivity index (χ1v) is 11.1. The molecule has 0 spiro atoms. The smallest absolute Gasteiger partial charge is 0.222 e. The zero-order valence-electron chi connectivity index (χ0n) is 18.9. The summed E-state index contributed by atoms with van der Waals surface area (Å²) in [6, 6.07) is 5.94. The van der Waals surface area contributed by atoms with Crippen LogP contribution in [-0.2, 0) is 16.1 Å². The average Bonchev–Trinajstić information content (AvgIpc) is 3.37. The van der Waals surface area contributed by atoms with E-state index in [1.165, 1.54) is 0 Å². The number of aryl methyl sites for hydroxylation is 3. The van der Waals surface area contributed by atoms with Crippen LogP contribution in [0.3, 0.4) is 0 Å². The molecule has 0 bridgehead atoms. The monoisotopic (exact) mass is 427 g/mol. The van der Waals surface area contributed by atoms with E-state index in [9.17, 15) is 4.79 Å². The quantitative estimate of drug-likeness (QED) is 0.731. The van der Waals surface area contributed by atoms with Gasteiger partial charge in [0.05, 0.1) is 24.9 Å². The SMILES string of the molecule is COc1ccc(C)nc1N1C[C@H]2C[C@H](OC)[C@@H](NC(=O)CCn3ccc(C)n3)C[C@H]2C1. The molecule has 4 atom stereocenters. The fourth-order valence-corrected chi connectivity index (χ4v) is 5.00. The highest BCUT2D eigenvalue weighted by atomic mass is 16.5. The number of nitrogens with zero attached hydrogens (tertiary/aromatic N) is 4. The van der Waals surface area contributed by atoms with Crippen molar-refractivity contribution in [2.75, 3.05) is 32.2 Å². The Morgan fingerprint density at radius 2 is 1.90 bits per heavy atom. The fourth-order valence-electron chi connectivity index (χ4n) is 5.00. The molecule has 2 aromatic rings. The van der Waals surface area contributed by atoms with Gasteiger partial charge in [0, 0.05) is 45.1 Å². The highest BCUT2D eigenvalue weighted by Gasteiger charge is 2.43. The van der Waals surface area contributed by atoms with Crippen LogP contribution in [0.2, 0.25) is 0 Å². The summed E-state index contributed by atoms with van der Waals surface area (Å²) in [6.07, 6.45) is 4.21. The molecule has 2 fully saturated rings. The standard InChI is InChI=1S/C23H33N5O3/c1-15-5-6-20(30-3)23(24-15)27-13-17-11-19(21(31-4)12-18(17)14-27)25-22(29)8-10-28-9-7-16(2)26-28/h5-7,9,17-19,21H,8,10-14H2,1-4H3,(H,25,29)/t17-,18+,19-,21-/m0/s1. The second-order valence-electron chi connectivity index (χ2n) is 8.79. The van der Waals surface area contributed by atoms with Gasteiger partial charge in [-0.25, -0.2) is 4.98 Å². The van der Waals surface area contributed by atoms with Crippen LogP contribution in [0, 0.1) is 25.7 Å². The van der Waals surface area contributed by atoms with E-state index in [-0.39, 0.29) is 18.1 Å². The number of methoxy groups -OCH3 is 2. The zero-order chi connectivity index (χ0) is 22.0. The maximum absolute atomic E-state index is 12.6. The van der Waals surface area contributed by atoms with E-state index in [0.29, 0.717) is 24.8 Å². The molecule has 1 saturated heterocycles. The molecule has 8 nitrogen and oxygen atoms in total. The summed E-state index contributed by atoms with van der Waals surface area (Å²) in [5.74, 6) is 2.80. The number of fused-ring (bicyclic) bond motifs is 1. The molecule has 3 heterocycles. The van der Waals surface area contributed by atoms with Gasteiger partial charge in [-0.15, -0.1) is 0 Å². The average molecular weight is 428 g/mol. The van der Waals surface area contributed by atoms with Crippen LogP contribution in [0.1, 0.15) is 30.7 Å². The van der Waals surface area contributed by atoms with Crippen LogP contribution in [-0.4, -0.2) is 60.1 Å². The summed E-state index contributed by atoms with van der Waals surface area (Å²) in [4.78, 5) is 19.7. The Hall–Kier alpha value is -2.61. The van der Waals surface area contributed by atoms with Crippen LogP contribution in [0.25, 0.3) is 0 Å². The van der Waals surface area contributed by atoms with Gasteiger partial charge in [0.25, 0.3) is 0 Å². The predicted octanol–water partition coefficient (Wildman–Crippen LogP) is 2.34. The van der Waals surface area contributed by atoms with Crippen LogP contribution in [0.5, 0.6) is 5.75 Å². The molecule has 168 valence electrons. The van der Waals surface area contributed by atoms with Gasteiger partial charge in [-0.3, -0.25) is 9.48 Å². The molecule has 0 radical (unpaired) electrons. The Balaban J connectivity index is 1.38. The van der Waals surface area contributed by atoms with Gasteiger partial charge in [-0.1, -0.05) is 0 Å². The van der Waals surface area contributed by atoms with Crippen LogP contribution >= 0.6 is 0 Å². The lowest BCUT2D eigenvalue weighted by Gasteiger charge is -2.37. The summed E-state index contributed by atoms with van der Waals surface area (Å²) in [5.41, 5.74) is 1.95. The number of carbonyl (C=O) groups is 1. The van der Waals surface area contributed by atoms with E-state index in [0.717, 1.165) is 48.9 Å². The zero-order valence-corrected chi connectivity index (χ0v) is 18.9. The molecule has 4 rings (SSSR count). The third kappa shape index (κ3) is 4.84. The van der Waals surface area contributed by atoms with Crippen molar-refractivity contribution in [3.63, 3.8) is 0 Å². The van der Waals surface area contributed by atoms with E-state index >= 15 is 0 Å². The Kier molecular flexibility index (Phi) is 6.46. The fraction of sp³-hybridized carbons (Fsp3) is 0.609. The van der Waals surface area contributed by atoms with Crippen LogP contribution in [0.4, 0.5) is 5.82 Å². The molecule has 1 N–H and O–H groups in total. The number of rotatable bonds is 7. The van der Waals surface area contributed by atoms with Crippen molar-refractivity contribution in [3.05, 3.63) is 35.8 Å². The van der Waals surface area contributed by atoms with E-state index in [4.69, 9.17) is 14.5 Å². The summed E-state index contributed by atoms with van der Waals surface area (Å²) >= 11 is 0. The normalized spacial score (nSPS) is 25.4. The van der Waals surface area contributed by atoms with Crippen molar-refractivity contribution in [2.24, 2.45) is 11.8 Å². The van der Waals surface area contributed by atoms with Crippen molar-refractivity contribution < 1.29 is 14.3 Å². The molecule has 0 aromatic carbocycles. The number of nitrogens with one attached hydrogen (secondary N) is 1. The highest BCUT2D eigenvalue weighted by Crippen LogP contribution is 2.40. The van der Waals surface area contributed by atoms with Gasteiger partial charge in [0.15, 0.2) is 11.6 Å². The lowest BCUT2D eigenvalue weighted by Crippen LogP contribution is -2.50. The van der Waals surface area contributed by atoms with Gasteiger partial charge >= 0.3 is 0 Å². The van der Waals surface area contributed by atoms with Crippen LogP contribution in [0.15, 0.2) is 24.4 Å². The molecular weight excluding hydrogens is 394 g/mol. The lowest BCUT2D eigenvalue weighted by molar-refractivity contribution is -0.124. The van der Waals surface area contributed by atoms with Gasteiger partial charge < -0.3 is 19.7 Å². The Morgan fingerprint density at radius 3 is 2.58 bits per heavy atom. The first-order chi connectivity index (χ1) is 15.0. The minimum Gasteiger partial charge on any atom is -0.493 e. The molecule has 8 heteroatoms. The first-order valence-electron chi connectivity index (χ1n) is 11.1. The largest absolute Gasteiger partial charge is 0.493 e. The van der Waals surface area contributed by atoms with Crippen molar-refractivity contribution in [1.29, 1.82) is 0 Å². The molecule has 1 saturated carbocycles. The first kappa shape index (κ1) is 21.6. The van der Waals surface area contributed by atoms with Gasteiger partial charge in [0.1, 0.15) is 0 Å². The number of ether oxygens (including phenoxy) is 2. The van der Waals surface area contributed by atoms with Crippen molar-refractivity contribution in [1.82, 2.24) is 20.1 Å². The predicted molar refractivity (Wildman–Crippen MR) is 118 cm³/mol. The number of hydrogen-bond acceptors (Lipinski definition) is 6. The summed E-state index contributed by atoms with van der Waals surface area (Å²) in [7, 11) is 3.44. The van der Waals surface area contributed by atoms with Gasteiger partial charge in [-0.2, -0.15) is 5.10 Å². The Bertz CT molecular complexity index is 914. The third-order valence-corrected chi connectivity index (χ3v) is 6.61. The van der Waals surface area contributed by atoms with Gasteiger partial charge in [0.2, 0.25) is 5.91 Å². The lowest BCUT2D eigenvalue weighted by atomic mass is 9.77. The molecule has 2 aliphatic rings. The Labute approximate surface area is 183 Å². The molecule has 0 unspecified atom stereocenters. The summed E-state index contributed by atoms with van der Waals surface area (Å²) in [5, 5.41) is 7.58. The van der Waals surface area contributed by atoms with Crippen molar-refractivity contribution in [2.45, 2.75) is 51.8 Å². The minimum atomic E-state index is 0.0319.